The number of H-pyrrole nitrogens is 1. The van der Waals surface area contributed by atoms with Crippen molar-refractivity contribution >= 4 is 11.8 Å². The number of aliphatic hydroxyl groups excluding tert-OH is 2. The number of carboxylic acid groups (broad SMARTS) is 1. The molecule has 5 N–H and O–H groups in total. The Balaban J connectivity index is 2.19. The van der Waals surface area contributed by atoms with Gasteiger partial charge in [0.05, 0.1) is 25.2 Å². The predicted octanol–water partition coefficient (Wildman–Crippen LogP) is 0.0429. The number of anilines is 1. The normalized spacial score (nSPS) is 13.8. The molecule has 0 aliphatic heterocycles. The second-order valence-corrected chi connectivity index (χ2v) is 6.45. The van der Waals surface area contributed by atoms with E-state index < -0.39 is 23.8 Å². The molecule has 2 aromatic rings. The van der Waals surface area contributed by atoms with Gasteiger partial charge in [0.15, 0.2) is 5.82 Å². The maximum atomic E-state index is 11.8. The van der Waals surface area contributed by atoms with Gasteiger partial charge in [0, 0.05) is 12.1 Å². The SMILES string of the molecule is CC(C)C(C(=O)O)C(Cc1ccc(NC(CO)CO)nc1)c1nn[nH]n1. The summed E-state index contributed by atoms with van der Waals surface area (Å²) in [5.41, 5.74) is 0.821. The van der Waals surface area contributed by atoms with Gasteiger partial charge in [-0.25, -0.2) is 4.98 Å². The van der Waals surface area contributed by atoms with E-state index in [1.54, 1.807) is 12.3 Å². The molecule has 0 bridgehead atoms. The van der Waals surface area contributed by atoms with E-state index in [0.717, 1.165) is 5.56 Å². The van der Waals surface area contributed by atoms with Crippen LogP contribution in [0.3, 0.4) is 0 Å². The molecule has 0 spiro atoms. The number of aliphatic hydroxyl groups is 2. The molecule has 0 radical (unpaired) electrons. The molecule has 0 saturated heterocycles. The van der Waals surface area contributed by atoms with Crippen molar-refractivity contribution in [3.05, 3.63) is 29.7 Å². The van der Waals surface area contributed by atoms with Crippen molar-refractivity contribution < 1.29 is 20.1 Å². The summed E-state index contributed by atoms with van der Waals surface area (Å²) in [5, 5.41) is 44.6. The molecule has 26 heavy (non-hydrogen) atoms. The summed E-state index contributed by atoms with van der Waals surface area (Å²) in [4.78, 5) is 16.0. The molecular formula is C16H24N6O4. The Kier molecular flexibility index (Phi) is 6.98. The van der Waals surface area contributed by atoms with Crippen LogP contribution >= 0.6 is 0 Å². The fraction of sp³-hybridized carbons (Fsp3) is 0.562. The highest BCUT2D eigenvalue weighted by Gasteiger charge is 2.35. The van der Waals surface area contributed by atoms with E-state index in [4.69, 9.17) is 10.2 Å². The molecule has 2 atom stereocenters. The van der Waals surface area contributed by atoms with Crippen molar-refractivity contribution in [3.63, 3.8) is 0 Å². The average molecular weight is 364 g/mol. The maximum absolute atomic E-state index is 11.8. The van der Waals surface area contributed by atoms with Crippen molar-refractivity contribution in [1.29, 1.82) is 0 Å². The summed E-state index contributed by atoms with van der Waals surface area (Å²) in [5.74, 6) is -1.27. The van der Waals surface area contributed by atoms with Crippen LogP contribution in [0.1, 0.15) is 31.2 Å². The number of nitrogens with one attached hydrogen (secondary N) is 2. The van der Waals surface area contributed by atoms with Crippen molar-refractivity contribution in [2.24, 2.45) is 11.8 Å². The third-order valence-electron chi connectivity index (χ3n) is 4.20. The van der Waals surface area contributed by atoms with Gasteiger partial charge in [0.2, 0.25) is 0 Å². The van der Waals surface area contributed by atoms with Crippen LogP contribution in [0.5, 0.6) is 0 Å². The van der Waals surface area contributed by atoms with E-state index >= 15 is 0 Å². The number of nitrogens with zero attached hydrogens (tertiary/aromatic N) is 4. The lowest BCUT2D eigenvalue weighted by molar-refractivity contribution is -0.144. The number of carbonyl (C=O) groups is 1. The van der Waals surface area contributed by atoms with Crippen LogP contribution in [0.2, 0.25) is 0 Å². The minimum absolute atomic E-state index is 0.111. The second kappa shape index (κ2) is 9.20. The fourth-order valence-corrected chi connectivity index (χ4v) is 2.87. The van der Waals surface area contributed by atoms with Crippen LogP contribution in [-0.4, -0.2) is 66.2 Å². The molecular weight excluding hydrogens is 340 g/mol. The van der Waals surface area contributed by atoms with E-state index in [1.165, 1.54) is 0 Å². The van der Waals surface area contributed by atoms with Crippen LogP contribution < -0.4 is 5.32 Å². The molecule has 0 aliphatic carbocycles. The van der Waals surface area contributed by atoms with E-state index in [9.17, 15) is 9.90 Å². The number of aliphatic carboxylic acids is 1. The Labute approximate surface area is 150 Å². The summed E-state index contributed by atoms with van der Waals surface area (Å²) in [6.07, 6.45) is 2.02. The summed E-state index contributed by atoms with van der Waals surface area (Å²) >= 11 is 0. The third kappa shape index (κ3) is 4.96. The topological polar surface area (TPSA) is 157 Å². The first-order valence-corrected chi connectivity index (χ1v) is 8.35. The van der Waals surface area contributed by atoms with E-state index in [-0.39, 0.29) is 19.1 Å². The lowest BCUT2D eigenvalue weighted by atomic mass is 9.79. The monoisotopic (exact) mass is 364 g/mol. The lowest BCUT2D eigenvalue weighted by Gasteiger charge is -2.24. The number of pyridine rings is 1. The first-order valence-electron chi connectivity index (χ1n) is 8.35. The molecule has 2 aromatic heterocycles. The molecule has 0 saturated carbocycles. The zero-order chi connectivity index (χ0) is 19.1. The Hall–Kier alpha value is -2.59. The Bertz CT molecular complexity index is 673. The van der Waals surface area contributed by atoms with E-state index in [0.29, 0.717) is 18.1 Å². The Morgan fingerprint density at radius 1 is 1.27 bits per heavy atom. The molecule has 2 unspecified atom stereocenters. The van der Waals surface area contributed by atoms with E-state index in [1.807, 2.05) is 19.9 Å². The maximum Gasteiger partial charge on any atom is 0.307 e. The first-order chi connectivity index (χ1) is 12.5. The number of rotatable bonds is 10. The zero-order valence-electron chi connectivity index (χ0n) is 14.7. The molecule has 0 aliphatic rings. The number of carboxylic acids is 1. The van der Waals surface area contributed by atoms with Crippen LogP contribution in [0.25, 0.3) is 0 Å². The molecule has 2 heterocycles. The summed E-state index contributed by atoms with van der Waals surface area (Å²) in [7, 11) is 0. The smallest absolute Gasteiger partial charge is 0.307 e. The van der Waals surface area contributed by atoms with Crippen molar-refractivity contribution in [2.45, 2.75) is 32.2 Å². The fourth-order valence-electron chi connectivity index (χ4n) is 2.87. The van der Waals surface area contributed by atoms with Crippen LogP contribution in [0.15, 0.2) is 18.3 Å². The Morgan fingerprint density at radius 3 is 2.46 bits per heavy atom. The van der Waals surface area contributed by atoms with Gasteiger partial charge in [-0.1, -0.05) is 25.1 Å². The highest BCUT2D eigenvalue weighted by Crippen LogP contribution is 2.31. The van der Waals surface area contributed by atoms with Gasteiger partial charge in [-0.2, -0.15) is 5.21 Å². The van der Waals surface area contributed by atoms with Gasteiger partial charge < -0.3 is 20.6 Å². The molecule has 2 rings (SSSR count). The largest absolute Gasteiger partial charge is 0.481 e. The molecule has 0 aromatic carbocycles. The predicted molar refractivity (Wildman–Crippen MR) is 92.4 cm³/mol. The highest BCUT2D eigenvalue weighted by molar-refractivity contribution is 5.71. The molecule has 10 nitrogen and oxygen atoms in total. The van der Waals surface area contributed by atoms with Gasteiger partial charge >= 0.3 is 5.97 Å². The zero-order valence-corrected chi connectivity index (χ0v) is 14.7. The van der Waals surface area contributed by atoms with Gasteiger partial charge in [-0.05, 0) is 24.0 Å². The first kappa shape index (κ1) is 19.7. The van der Waals surface area contributed by atoms with Crippen LogP contribution in [0, 0.1) is 11.8 Å². The van der Waals surface area contributed by atoms with Crippen molar-refractivity contribution in [1.82, 2.24) is 25.6 Å². The van der Waals surface area contributed by atoms with Gasteiger partial charge in [0.25, 0.3) is 0 Å². The van der Waals surface area contributed by atoms with E-state index in [2.05, 4.69) is 30.9 Å². The van der Waals surface area contributed by atoms with Crippen LogP contribution in [-0.2, 0) is 11.2 Å². The van der Waals surface area contributed by atoms with Gasteiger partial charge in [-0.3, -0.25) is 4.79 Å². The third-order valence-corrected chi connectivity index (χ3v) is 4.20. The van der Waals surface area contributed by atoms with Crippen LogP contribution in [0.4, 0.5) is 5.82 Å². The number of aromatic nitrogens is 5. The standard InChI is InChI=1S/C16H24N6O4/c1-9(2)14(16(25)26)12(15-19-21-22-20-15)5-10-3-4-13(17-6-10)18-11(7-23)8-24/h3-4,6,9,11-12,14,23-24H,5,7-8H2,1-2H3,(H,17,18)(H,25,26)(H,19,20,21,22). The number of tetrazole rings is 1. The Morgan fingerprint density at radius 2 is 2.00 bits per heavy atom. The number of hydrogen-bond donors (Lipinski definition) is 5. The number of aromatic amines is 1. The number of hydrogen-bond acceptors (Lipinski definition) is 8. The second-order valence-electron chi connectivity index (χ2n) is 6.45. The minimum Gasteiger partial charge on any atom is -0.481 e. The average Bonchev–Trinajstić information content (AvgIpc) is 3.14. The summed E-state index contributed by atoms with van der Waals surface area (Å²) in [6, 6.07) is 3.04. The highest BCUT2D eigenvalue weighted by atomic mass is 16.4. The summed E-state index contributed by atoms with van der Waals surface area (Å²) in [6.45, 7) is 3.27. The quantitative estimate of drug-likeness (QED) is 0.392. The molecule has 142 valence electrons. The van der Waals surface area contributed by atoms with Gasteiger partial charge in [0.1, 0.15) is 5.82 Å². The van der Waals surface area contributed by atoms with Crippen molar-refractivity contribution in [2.75, 3.05) is 18.5 Å². The minimum atomic E-state index is -0.908. The molecule has 0 amide bonds. The van der Waals surface area contributed by atoms with Gasteiger partial charge in [-0.15, -0.1) is 10.2 Å². The summed E-state index contributed by atoms with van der Waals surface area (Å²) < 4.78 is 0. The molecule has 0 fully saturated rings. The lowest BCUT2D eigenvalue weighted by Crippen LogP contribution is -2.29. The van der Waals surface area contributed by atoms with Crippen molar-refractivity contribution in [3.8, 4) is 0 Å². The molecule has 10 heteroatoms.